The minimum Gasteiger partial charge on any atom is -0.334 e. The molecule has 1 heterocycles. The van der Waals surface area contributed by atoms with Crippen molar-refractivity contribution in [3.63, 3.8) is 0 Å². The molecule has 1 amide bonds. The standard InChI is InChI=1S/C21H19FN2O/c22-20-11-5-4-8-18(20)12-14-24(16-17-7-6-13-23-15-17)21(25)19-9-2-1-3-10-19/h1-11,13,15H,12,14,16H2. The number of rotatable bonds is 6. The first-order valence-corrected chi connectivity index (χ1v) is 8.20. The van der Waals surface area contributed by atoms with Gasteiger partial charge in [0.1, 0.15) is 5.82 Å². The Bertz CT molecular complexity index is 822. The number of benzene rings is 2. The summed E-state index contributed by atoms with van der Waals surface area (Å²) in [6.07, 6.45) is 3.91. The number of halogens is 1. The van der Waals surface area contributed by atoms with E-state index in [1.165, 1.54) is 6.07 Å². The number of aromatic nitrogens is 1. The predicted octanol–water partition coefficient (Wildman–Crippen LogP) is 4.11. The highest BCUT2D eigenvalue weighted by molar-refractivity contribution is 5.94. The first kappa shape index (κ1) is 16.8. The van der Waals surface area contributed by atoms with Gasteiger partial charge in [-0.1, -0.05) is 42.5 Å². The summed E-state index contributed by atoms with van der Waals surface area (Å²) in [5.74, 6) is -0.309. The fraction of sp³-hybridized carbons (Fsp3) is 0.143. The van der Waals surface area contributed by atoms with Crippen LogP contribution in [0.4, 0.5) is 4.39 Å². The van der Waals surface area contributed by atoms with E-state index in [9.17, 15) is 9.18 Å². The molecule has 1 aromatic heterocycles. The van der Waals surface area contributed by atoms with Crippen molar-refractivity contribution in [1.29, 1.82) is 0 Å². The van der Waals surface area contributed by atoms with E-state index >= 15 is 0 Å². The van der Waals surface area contributed by atoms with E-state index in [0.717, 1.165) is 5.56 Å². The highest BCUT2D eigenvalue weighted by atomic mass is 19.1. The van der Waals surface area contributed by atoms with Crippen LogP contribution in [0.5, 0.6) is 0 Å². The Morgan fingerprint density at radius 1 is 0.960 bits per heavy atom. The van der Waals surface area contributed by atoms with Gasteiger partial charge in [-0.05, 0) is 41.8 Å². The number of pyridine rings is 1. The smallest absolute Gasteiger partial charge is 0.254 e. The minimum atomic E-state index is -0.240. The molecule has 0 aliphatic heterocycles. The van der Waals surface area contributed by atoms with E-state index in [1.807, 2.05) is 36.4 Å². The van der Waals surface area contributed by atoms with E-state index < -0.39 is 0 Å². The second-order valence-corrected chi connectivity index (χ2v) is 5.80. The molecule has 0 N–H and O–H groups in total. The highest BCUT2D eigenvalue weighted by Gasteiger charge is 2.16. The molecule has 0 fully saturated rings. The fourth-order valence-corrected chi connectivity index (χ4v) is 2.68. The quantitative estimate of drug-likeness (QED) is 0.680. The topological polar surface area (TPSA) is 33.2 Å². The molecule has 4 heteroatoms. The van der Waals surface area contributed by atoms with Crippen LogP contribution in [0.3, 0.4) is 0 Å². The molecule has 3 nitrogen and oxygen atoms in total. The van der Waals surface area contributed by atoms with Gasteiger partial charge in [-0.2, -0.15) is 0 Å². The molecule has 0 radical (unpaired) electrons. The molecule has 0 aliphatic carbocycles. The van der Waals surface area contributed by atoms with Crippen molar-refractivity contribution >= 4 is 5.91 Å². The molecule has 0 saturated carbocycles. The lowest BCUT2D eigenvalue weighted by Gasteiger charge is -2.23. The van der Waals surface area contributed by atoms with E-state index in [1.54, 1.807) is 41.6 Å². The Labute approximate surface area is 146 Å². The van der Waals surface area contributed by atoms with Gasteiger partial charge in [-0.15, -0.1) is 0 Å². The molecule has 0 bridgehead atoms. The van der Waals surface area contributed by atoms with Crippen LogP contribution >= 0.6 is 0 Å². The average molecular weight is 334 g/mol. The number of nitrogens with zero attached hydrogens (tertiary/aromatic N) is 2. The number of hydrogen-bond donors (Lipinski definition) is 0. The number of carbonyl (C=O) groups is 1. The molecule has 3 aromatic rings. The molecular weight excluding hydrogens is 315 g/mol. The SMILES string of the molecule is O=C(c1ccccc1)N(CCc1ccccc1F)Cc1cccnc1. The Balaban J connectivity index is 1.79. The van der Waals surface area contributed by atoms with Crippen molar-refractivity contribution < 1.29 is 9.18 Å². The molecule has 0 saturated heterocycles. The van der Waals surface area contributed by atoms with Crippen LogP contribution in [0.2, 0.25) is 0 Å². The van der Waals surface area contributed by atoms with Gasteiger partial charge in [0, 0.05) is 31.0 Å². The third-order valence-electron chi connectivity index (χ3n) is 4.01. The van der Waals surface area contributed by atoms with Crippen LogP contribution in [-0.4, -0.2) is 22.3 Å². The maximum atomic E-state index is 13.9. The van der Waals surface area contributed by atoms with Gasteiger partial charge in [0.25, 0.3) is 5.91 Å². The number of amides is 1. The van der Waals surface area contributed by atoms with Gasteiger partial charge in [0.15, 0.2) is 0 Å². The molecular formula is C21H19FN2O. The van der Waals surface area contributed by atoms with Crippen LogP contribution in [0, 0.1) is 5.82 Å². The molecule has 3 rings (SSSR count). The van der Waals surface area contributed by atoms with E-state index in [2.05, 4.69) is 4.98 Å². The van der Waals surface area contributed by atoms with Crippen LogP contribution < -0.4 is 0 Å². The van der Waals surface area contributed by atoms with Crippen molar-refractivity contribution in [2.24, 2.45) is 0 Å². The number of hydrogen-bond acceptors (Lipinski definition) is 2. The lowest BCUT2D eigenvalue weighted by atomic mass is 10.1. The fourth-order valence-electron chi connectivity index (χ4n) is 2.68. The molecule has 0 aliphatic rings. The molecule has 0 spiro atoms. The average Bonchev–Trinajstić information content (AvgIpc) is 2.67. The van der Waals surface area contributed by atoms with Crippen LogP contribution in [0.1, 0.15) is 21.5 Å². The monoisotopic (exact) mass is 334 g/mol. The van der Waals surface area contributed by atoms with Gasteiger partial charge in [0.2, 0.25) is 0 Å². The van der Waals surface area contributed by atoms with E-state index in [0.29, 0.717) is 30.6 Å². The summed E-state index contributed by atoms with van der Waals surface area (Å²) < 4.78 is 13.9. The molecule has 2 aromatic carbocycles. The van der Waals surface area contributed by atoms with Crippen LogP contribution in [0.15, 0.2) is 79.1 Å². The Kier molecular flexibility index (Phi) is 5.52. The molecule has 0 atom stereocenters. The normalized spacial score (nSPS) is 10.4. The lowest BCUT2D eigenvalue weighted by Crippen LogP contribution is -2.32. The summed E-state index contributed by atoms with van der Waals surface area (Å²) in [7, 11) is 0. The summed E-state index contributed by atoms with van der Waals surface area (Å²) in [5.41, 5.74) is 2.18. The first-order chi connectivity index (χ1) is 12.2. The summed E-state index contributed by atoms with van der Waals surface area (Å²) in [6.45, 7) is 0.875. The summed E-state index contributed by atoms with van der Waals surface area (Å²) in [4.78, 5) is 18.7. The maximum absolute atomic E-state index is 13.9. The van der Waals surface area contributed by atoms with Crippen molar-refractivity contribution in [3.05, 3.63) is 102 Å². The zero-order chi connectivity index (χ0) is 17.5. The summed E-state index contributed by atoms with van der Waals surface area (Å²) >= 11 is 0. The number of carbonyl (C=O) groups excluding carboxylic acids is 1. The highest BCUT2D eigenvalue weighted by Crippen LogP contribution is 2.13. The Morgan fingerprint density at radius 3 is 2.44 bits per heavy atom. The van der Waals surface area contributed by atoms with Gasteiger partial charge in [0.05, 0.1) is 0 Å². The molecule has 0 unspecified atom stereocenters. The van der Waals surface area contributed by atoms with Crippen molar-refractivity contribution in [3.8, 4) is 0 Å². The van der Waals surface area contributed by atoms with E-state index in [-0.39, 0.29) is 11.7 Å². The van der Waals surface area contributed by atoms with Crippen molar-refractivity contribution in [1.82, 2.24) is 9.88 Å². The van der Waals surface area contributed by atoms with Crippen LogP contribution in [0.25, 0.3) is 0 Å². The van der Waals surface area contributed by atoms with Crippen LogP contribution in [-0.2, 0) is 13.0 Å². The minimum absolute atomic E-state index is 0.0687. The third kappa shape index (κ3) is 4.51. The molecule has 126 valence electrons. The zero-order valence-corrected chi connectivity index (χ0v) is 13.8. The van der Waals surface area contributed by atoms with Gasteiger partial charge in [-0.25, -0.2) is 4.39 Å². The lowest BCUT2D eigenvalue weighted by molar-refractivity contribution is 0.0744. The molecule has 25 heavy (non-hydrogen) atoms. The van der Waals surface area contributed by atoms with Gasteiger partial charge < -0.3 is 4.90 Å². The predicted molar refractivity (Wildman–Crippen MR) is 95.5 cm³/mol. The largest absolute Gasteiger partial charge is 0.334 e. The third-order valence-corrected chi connectivity index (χ3v) is 4.01. The zero-order valence-electron chi connectivity index (χ0n) is 13.8. The summed E-state index contributed by atoms with van der Waals surface area (Å²) in [6, 6.07) is 19.6. The van der Waals surface area contributed by atoms with Crippen molar-refractivity contribution in [2.45, 2.75) is 13.0 Å². The van der Waals surface area contributed by atoms with E-state index in [4.69, 9.17) is 0 Å². The summed E-state index contributed by atoms with van der Waals surface area (Å²) in [5, 5.41) is 0. The maximum Gasteiger partial charge on any atom is 0.254 e. The second-order valence-electron chi connectivity index (χ2n) is 5.80. The van der Waals surface area contributed by atoms with Crippen molar-refractivity contribution in [2.75, 3.05) is 6.54 Å². The Morgan fingerprint density at radius 2 is 1.72 bits per heavy atom. The van der Waals surface area contributed by atoms with Gasteiger partial charge >= 0.3 is 0 Å². The van der Waals surface area contributed by atoms with Gasteiger partial charge in [-0.3, -0.25) is 9.78 Å². The Hall–Kier alpha value is -3.01. The second kappa shape index (κ2) is 8.20. The first-order valence-electron chi connectivity index (χ1n) is 8.20.